The average molecular weight is 265 g/mol. The molecule has 1 aromatic heterocycles. The Hall–Kier alpha value is -2.24. The molecule has 0 radical (unpaired) electrons. The molecule has 0 bridgehead atoms. The number of benzene rings is 1. The minimum atomic E-state index is -1.04. The van der Waals surface area contributed by atoms with Gasteiger partial charge in [0.05, 0.1) is 17.9 Å². The number of nitrogens with zero attached hydrogens (tertiary/aromatic N) is 1. The molecule has 1 heterocycles. The van der Waals surface area contributed by atoms with Crippen LogP contribution in [0.5, 0.6) is 0 Å². The lowest BCUT2D eigenvalue weighted by Crippen LogP contribution is -2.23. The number of carbonyl (C=O) groups excluding carboxylic acids is 1. The van der Waals surface area contributed by atoms with Crippen molar-refractivity contribution in [3.63, 3.8) is 0 Å². The number of H-pyrrole nitrogens is 1. The molecule has 1 aromatic carbocycles. The van der Waals surface area contributed by atoms with Gasteiger partial charge in [0, 0.05) is 5.56 Å². The molecule has 0 unspecified atom stereocenters. The number of amides is 1. The van der Waals surface area contributed by atoms with Crippen molar-refractivity contribution in [2.24, 2.45) is 0 Å². The molecular weight excluding hydrogens is 252 g/mol. The fraction of sp³-hybridized carbons (Fsp3) is 0.231. The highest BCUT2D eigenvalue weighted by Gasteiger charge is 2.09. The van der Waals surface area contributed by atoms with Gasteiger partial charge in [0.15, 0.2) is 11.6 Å². The molecule has 0 fully saturated rings. The van der Waals surface area contributed by atoms with Gasteiger partial charge in [0.2, 0.25) is 0 Å². The SMILES string of the molecule is CCc1cc(CNC(=O)c2ccc(F)c(F)c2)[nH]n1. The number of hydrogen-bond acceptors (Lipinski definition) is 2. The maximum absolute atomic E-state index is 13.0. The van der Waals surface area contributed by atoms with E-state index in [0.717, 1.165) is 29.9 Å². The monoisotopic (exact) mass is 265 g/mol. The molecule has 0 atom stereocenters. The van der Waals surface area contributed by atoms with Crippen molar-refractivity contribution in [3.05, 3.63) is 52.9 Å². The summed E-state index contributed by atoms with van der Waals surface area (Å²) in [7, 11) is 0. The van der Waals surface area contributed by atoms with Gasteiger partial charge >= 0.3 is 0 Å². The molecule has 0 saturated carbocycles. The van der Waals surface area contributed by atoms with Crippen molar-refractivity contribution in [1.29, 1.82) is 0 Å². The van der Waals surface area contributed by atoms with Gasteiger partial charge in [-0.3, -0.25) is 9.89 Å². The standard InChI is InChI=1S/C13H13F2N3O/c1-2-9-6-10(18-17-9)7-16-13(19)8-3-4-11(14)12(15)5-8/h3-6H,2,7H2,1H3,(H,16,19)(H,17,18). The van der Waals surface area contributed by atoms with Crippen molar-refractivity contribution in [2.75, 3.05) is 0 Å². The highest BCUT2D eigenvalue weighted by atomic mass is 19.2. The van der Waals surface area contributed by atoms with Gasteiger partial charge in [0.1, 0.15) is 0 Å². The third-order valence-corrected chi connectivity index (χ3v) is 2.67. The molecule has 0 spiro atoms. The van der Waals surface area contributed by atoms with Crippen molar-refractivity contribution < 1.29 is 13.6 Å². The van der Waals surface area contributed by atoms with Crippen LogP contribution < -0.4 is 5.32 Å². The molecule has 0 aliphatic rings. The van der Waals surface area contributed by atoms with Gasteiger partial charge in [0.25, 0.3) is 5.91 Å². The minimum Gasteiger partial charge on any atom is -0.346 e. The quantitative estimate of drug-likeness (QED) is 0.890. The van der Waals surface area contributed by atoms with Gasteiger partial charge in [-0.25, -0.2) is 8.78 Å². The highest BCUT2D eigenvalue weighted by molar-refractivity contribution is 5.94. The maximum atomic E-state index is 13.0. The summed E-state index contributed by atoms with van der Waals surface area (Å²) < 4.78 is 25.7. The van der Waals surface area contributed by atoms with Gasteiger partial charge in [-0.15, -0.1) is 0 Å². The van der Waals surface area contributed by atoms with Crippen LogP contribution in [0.4, 0.5) is 8.78 Å². The molecule has 0 aliphatic carbocycles. The molecule has 100 valence electrons. The number of aromatic amines is 1. The lowest BCUT2D eigenvalue weighted by molar-refractivity contribution is 0.0950. The van der Waals surface area contributed by atoms with Crippen LogP contribution in [-0.2, 0) is 13.0 Å². The van der Waals surface area contributed by atoms with Crippen LogP contribution in [0.25, 0.3) is 0 Å². The molecule has 6 heteroatoms. The number of aromatic nitrogens is 2. The van der Waals surface area contributed by atoms with Gasteiger partial charge in [-0.2, -0.15) is 5.10 Å². The Morgan fingerprint density at radius 3 is 2.74 bits per heavy atom. The second kappa shape index (κ2) is 5.60. The van der Waals surface area contributed by atoms with Crippen LogP contribution in [0.1, 0.15) is 28.7 Å². The van der Waals surface area contributed by atoms with Crippen LogP contribution in [-0.4, -0.2) is 16.1 Å². The van der Waals surface area contributed by atoms with E-state index in [1.54, 1.807) is 0 Å². The van der Waals surface area contributed by atoms with E-state index in [2.05, 4.69) is 15.5 Å². The number of carbonyl (C=O) groups is 1. The Bertz CT molecular complexity index is 595. The number of hydrogen-bond donors (Lipinski definition) is 2. The molecule has 2 N–H and O–H groups in total. The maximum Gasteiger partial charge on any atom is 0.251 e. The molecule has 0 saturated heterocycles. The molecule has 0 aliphatic heterocycles. The zero-order chi connectivity index (χ0) is 13.8. The van der Waals surface area contributed by atoms with Gasteiger partial charge in [-0.1, -0.05) is 6.92 Å². The lowest BCUT2D eigenvalue weighted by Gasteiger charge is -2.04. The Kier molecular flexibility index (Phi) is 3.89. The van der Waals surface area contributed by atoms with Crippen LogP contribution >= 0.6 is 0 Å². The zero-order valence-corrected chi connectivity index (χ0v) is 10.3. The number of nitrogens with one attached hydrogen (secondary N) is 2. The van der Waals surface area contributed by atoms with E-state index in [0.29, 0.717) is 0 Å². The summed E-state index contributed by atoms with van der Waals surface area (Å²) in [5, 5.41) is 9.41. The molecule has 4 nitrogen and oxygen atoms in total. The first-order valence-corrected chi connectivity index (χ1v) is 5.86. The predicted molar refractivity (Wildman–Crippen MR) is 65.5 cm³/mol. The van der Waals surface area contributed by atoms with E-state index in [-0.39, 0.29) is 12.1 Å². The van der Waals surface area contributed by atoms with Gasteiger partial charge < -0.3 is 5.32 Å². The number of halogens is 2. The summed E-state index contributed by atoms with van der Waals surface area (Å²) in [6.07, 6.45) is 0.799. The normalized spacial score (nSPS) is 10.5. The summed E-state index contributed by atoms with van der Waals surface area (Å²) in [5.41, 5.74) is 1.74. The number of aryl methyl sites for hydroxylation is 1. The third-order valence-electron chi connectivity index (χ3n) is 2.67. The van der Waals surface area contributed by atoms with Crippen molar-refractivity contribution >= 4 is 5.91 Å². The highest BCUT2D eigenvalue weighted by Crippen LogP contribution is 2.09. The van der Waals surface area contributed by atoms with Gasteiger partial charge in [-0.05, 0) is 30.7 Å². The van der Waals surface area contributed by atoms with E-state index in [1.807, 2.05) is 13.0 Å². The van der Waals surface area contributed by atoms with Crippen molar-refractivity contribution in [1.82, 2.24) is 15.5 Å². The van der Waals surface area contributed by atoms with E-state index >= 15 is 0 Å². The first-order chi connectivity index (χ1) is 9.10. The number of rotatable bonds is 4. The summed E-state index contributed by atoms with van der Waals surface area (Å²) in [6, 6.07) is 4.87. The Morgan fingerprint density at radius 2 is 2.11 bits per heavy atom. The van der Waals surface area contributed by atoms with E-state index in [9.17, 15) is 13.6 Å². The van der Waals surface area contributed by atoms with Crippen LogP contribution in [0.2, 0.25) is 0 Å². The summed E-state index contributed by atoms with van der Waals surface area (Å²) >= 11 is 0. The topological polar surface area (TPSA) is 57.8 Å². The lowest BCUT2D eigenvalue weighted by atomic mass is 10.2. The van der Waals surface area contributed by atoms with Crippen LogP contribution in [0, 0.1) is 11.6 Å². The molecule has 1 amide bonds. The summed E-state index contributed by atoms with van der Waals surface area (Å²) in [4.78, 5) is 11.7. The second-order valence-corrected chi connectivity index (χ2v) is 4.05. The largest absolute Gasteiger partial charge is 0.346 e. The molecule has 2 rings (SSSR count). The fourth-order valence-electron chi connectivity index (χ4n) is 1.60. The van der Waals surface area contributed by atoms with Crippen molar-refractivity contribution in [2.45, 2.75) is 19.9 Å². The average Bonchev–Trinajstić information content (AvgIpc) is 2.87. The third kappa shape index (κ3) is 3.15. The van der Waals surface area contributed by atoms with Crippen LogP contribution in [0.3, 0.4) is 0 Å². The van der Waals surface area contributed by atoms with Crippen molar-refractivity contribution in [3.8, 4) is 0 Å². The fourth-order valence-corrected chi connectivity index (χ4v) is 1.60. The molecule has 19 heavy (non-hydrogen) atoms. The Labute approximate surface area is 108 Å². The Morgan fingerprint density at radius 1 is 1.32 bits per heavy atom. The van der Waals surface area contributed by atoms with E-state index in [1.165, 1.54) is 6.07 Å². The first-order valence-electron chi connectivity index (χ1n) is 5.86. The summed E-state index contributed by atoms with van der Waals surface area (Å²) in [6.45, 7) is 2.23. The zero-order valence-electron chi connectivity index (χ0n) is 10.3. The predicted octanol–water partition coefficient (Wildman–Crippen LogP) is 2.18. The molecule has 2 aromatic rings. The second-order valence-electron chi connectivity index (χ2n) is 4.05. The molecular formula is C13H13F2N3O. The van der Waals surface area contributed by atoms with E-state index in [4.69, 9.17) is 0 Å². The smallest absolute Gasteiger partial charge is 0.251 e. The van der Waals surface area contributed by atoms with E-state index < -0.39 is 17.5 Å². The summed E-state index contributed by atoms with van der Waals surface area (Å²) in [5.74, 6) is -2.48. The van der Waals surface area contributed by atoms with Crippen LogP contribution in [0.15, 0.2) is 24.3 Å². The minimum absolute atomic E-state index is 0.0779. The Balaban J connectivity index is 1.99. The first kappa shape index (κ1) is 13.2.